The van der Waals surface area contributed by atoms with Crippen LogP contribution in [-0.2, 0) is 22.4 Å². The molecule has 2 aliphatic rings. The number of methoxy groups -OCH3 is 1. The summed E-state index contributed by atoms with van der Waals surface area (Å²) < 4.78 is 12.2. The van der Waals surface area contributed by atoms with Gasteiger partial charge in [0.15, 0.2) is 0 Å². The Morgan fingerprint density at radius 1 is 1.19 bits per heavy atom. The van der Waals surface area contributed by atoms with Crippen LogP contribution in [0.1, 0.15) is 47.3 Å². The molecule has 1 saturated heterocycles. The van der Waals surface area contributed by atoms with E-state index in [0.29, 0.717) is 12.6 Å². The SMILES string of the molecule is COCC(N[C@@H]1CCCc2c1[nH]c1ccc(Br)cc21)c1ccc(CN2CCOCC2)cc1. The molecule has 1 aromatic heterocycles. The van der Waals surface area contributed by atoms with Crippen molar-refractivity contribution < 1.29 is 9.47 Å². The van der Waals surface area contributed by atoms with Crippen LogP contribution in [0.25, 0.3) is 10.9 Å². The highest BCUT2D eigenvalue weighted by Crippen LogP contribution is 2.37. The Bertz CT molecular complexity index is 1040. The third-order valence-electron chi connectivity index (χ3n) is 6.80. The number of morpholine rings is 1. The summed E-state index contributed by atoms with van der Waals surface area (Å²) >= 11 is 3.63. The van der Waals surface area contributed by atoms with Crippen LogP contribution in [0.15, 0.2) is 46.9 Å². The maximum atomic E-state index is 5.61. The van der Waals surface area contributed by atoms with E-state index in [9.17, 15) is 0 Å². The van der Waals surface area contributed by atoms with Crippen LogP contribution in [0.2, 0.25) is 0 Å². The Hall–Kier alpha value is -1.70. The summed E-state index contributed by atoms with van der Waals surface area (Å²) in [6.45, 7) is 5.35. The normalized spacial score (nSPS) is 20.4. The molecule has 32 heavy (non-hydrogen) atoms. The van der Waals surface area contributed by atoms with E-state index in [1.165, 1.54) is 39.7 Å². The lowest BCUT2D eigenvalue weighted by molar-refractivity contribution is 0.0342. The Kier molecular flexibility index (Phi) is 6.95. The van der Waals surface area contributed by atoms with E-state index in [2.05, 4.69) is 73.6 Å². The molecule has 1 unspecified atom stereocenters. The average Bonchev–Trinajstić information content (AvgIpc) is 3.19. The van der Waals surface area contributed by atoms with Crippen LogP contribution >= 0.6 is 15.9 Å². The molecule has 5 nitrogen and oxygen atoms in total. The van der Waals surface area contributed by atoms with Crippen molar-refractivity contribution in [3.63, 3.8) is 0 Å². The molecule has 2 atom stereocenters. The largest absolute Gasteiger partial charge is 0.383 e. The summed E-state index contributed by atoms with van der Waals surface area (Å²) in [5.74, 6) is 0. The zero-order valence-corrected chi connectivity index (χ0v) is 20.3. The number of nitrogens with zero attached hydrogens (tertiary/aromatic N) is 1. The van der Waals surface area contributed by atoms with E-state index in [1.54, 1.807) is 7.11 Å². The molecule has 1 aliphatic carbocycles. The number of hydrogen-bond donors (Lipinski definition) is 2. The van der Waals surface area contributed by atoms with Crippen molar-refractivity contribution >= 4 is 26.8 Å². The Labute approximate surface area is 198 Å². The molecule has 0 spiro atoms. The van der Waals surface area contributed by atoms with Crippen LogP contribution < -0.4 is 5.32 Å². The molecule has 5 rings (SSSR count). The second kappa shape index (κ2) is 10.1. The lowest BCUT2D eigenvalue weighted by Gasteiger charge is -2.29. The van der Waals surface area contributed by atoms with Crippen molar-refractivity contribution in [2.75, 3.05) is 40.0 Å². The standard InChI is InChI=1S/C26H32BrN3O2/c1-31-17-25(19-7-5-18(6-8-19)16-30-11-13-32-14-12-30)28-24-4-2-3-21-22-15-20(27)9-10-23(22)29-26(21)24/h5-10,15,24-25,28-29H,2-4,11-14,16-17H2,1H3/t24-,25?/m1/s1. The third-order valence-corrected chi connectivity index (χ3v) is 7.29. The fourth-order valence-electron chi connectivity index (χ4n) is 5.12. The molecule has 6 heteroatoms. The van der Waals surface area contributed by atoms with Gasteiger partial charge in [-0.25, -0.2) is 0 Å². The Morgan fingerprint density at radius 2 is 2.00 bits per heavy atom. The second-order valence-electron chi connectivity index (χ2n) is 8.96. The second-order valence-corrected chi connectivity index (χ2v) is 9.87. The van der Waals surface area contributed by atoms with E-state index < -0.39 is 0 Å². The molecule has 0 amide bonds. The van der Waals surface area contributed by atoms with Gasteiger partial charge in [-0.3, -0.25) is 10.2 Å². The number of H-pyrrole nitrogens is 1. The molecule has 0 radical (unpaired) electrons. The fraction of sp³-hybridized carbons (Fsp3) is 0.462. The third kappa shape index (κ3) is 4.80. The lowest BCUT2D eigenvalue weighted by Crippen LogP contribution is -2.35. The van der Waals surface area contributed by atoms with Crippen molar-refractivity contribution in [1.29, 1.82) is 0 Å². The summed E-state index contributed by atoms with van der Waals surface area (Å²) in [4.78, 5) is 6.17. The number of ether oxygens (including phenoxy) is 2. The molecular formula is C26H32BrN3O2. The van der Waals surface area contributed by atoms with Crippen molar-refractivity contribution in [2.24, 2.45) is 0 Å². The van der Waals surface area contributed by atoms with Crippen LogP contribution in [0.5, 0.6) is 0 Å². The number of aryl methyl sites for hydroxylation is 1. The molecule has 0 bridgehead atoms. The first-order valence-electron chi connectivity index (χ1n) is 11.6. The van der Waals surface area contributed by atoms with Crippen molar-refractivity contribution in [3.05, 3.63) is 69.3 Å². The summed E-state index contributed by atoms with van der Waals surface area (Å²) in [6, 6.07) is 16.0. The van der Waals surface area contributed by atoms with Gasteiger partial charge in [-0.1, -0.05) is 40.2 Å². The highest BCUT2D eigenvalue weighted by molar-refractivity contribution is 9.10. The van der Waals surface area contributed by atoms with Gasteiger partial charge in [0.05, 0.1) is 25.9 Å². The van der Waals surface area contributed by atoms with Gasteiger partial charge < -0.3 is 14.5 Å². The molecule has 2 N–H and O–H groups in total. The van der Waals surface area contributed by atoms with Crippen LogP contribution in [0, 0.1) is 0 Å². The van der Waals surface area contributed by atoms with Crippen molar-refractivity contribution in [3.8, 4) is 0 Å². The highest BCUT2D eigenvalue weighted by Gasteiger charge is 2.27. The molecule has 0 saturated carbocycles. The van der Waals surface area contributed by atoms with Crippen LogP contribution in [0.3, 0.4) is 0 Å². The average molecular weight is 498 g/mol. The first-order chi connectivity index (χ1) is 15.7. The lowest BCUT2D eigenvalue weighted by atomic mass is 9.90. The van der Waals surface area contributed by atoms with Gasteiger partial charge in [-0.2, -0.15) is 0 Å². The molecule has 1 aliphatic heterocycles. The van der Waals surface area contributed by atoms with E-state index in [0.717, 1.165) is 50.2 Å². The zero-order valence-electron chi connectivity index (χ0n) is 18.7. The Morgan fingerprint density at radius 3 is 2.78 bits per heavy atom. The van der Waals surface area contributed by atoms with Gasteiger partial charge in [0.25, 0.3) is 0 Å². The maximum Gasteiger partial charge on any atom is 0.0657 e. The molecular weight excluding hydrogens is 466 g/mol. The van der Waals surface area contributed by atoms with Crippen LogP contribution in [-0.4, -0.2) is 49.9 Å². The van der Waals surface area contributed by atoms with Gasteiger partial charge in [0, 0.05) is 53.9 Å². The quantitative estimate of drug-likeness (QED) is 0.475. The summed E-state index contributed by atoms with van der Waals surface area (Å²) in [6.07, 6.45) is 3.47. The smallest absolute Gasteiger partial charge is 0.0657 e. The minimum Gasteiger partial charge on any atom is -0.383 e. The van der Waals surface area contributed by atoms with E-state index in [-0.39, 0.29) is 6.04 Å². The predicted molar refractivity (Wildman–Crippen MR) is 132 cm³/mol. The van der Waals surface area contributed by atoms with Gasteiger partial charge in [0.2, 0.25) is 0 Å². The predicted octanol–water partition coefficient (Wildman–Crippen LogP) is 5.12. The summed E-state index contributed by atoms with van der Waals surface area (Å²) in [7, 11) is 1.79. The highest BCUT2D eigenvalue weighted by atomic mass is 79.9. The van der Waals surface area contributed by atoms with Gasteiger partial charge in [0.1, 0.15) is 0 Å². The number of hydrogen-bond acceptors (Lipinski definition) is 4. The maximum absolute atomic E-state index is 5.61. The molecule has 170 valence electrons. The zero-order chi connectivity index (χ0) is 21.9. The molecule has 2 aromatic carbocycles. The number of aromatic amines is 1. The topological polar surface area (TPSA) is 49.5 Å². The van der Waals surface area contributed by atoms with Crippen LogP contribution in [0.4, 0.5) is 0 Å². The minimum atomic E-state index is 0.159. The number of nitrogens with one attached hydrogen (secondary N) is 2. The molecule has 1 fully saturated rings. The minimum absolute atomic E-state index is 0.159. The van der Waals surface area contributed by atoms with Gasteiger partial charge >= 0.3 is 0 Å². The molecule has 3 aromatic rings. The summed E-state index contributed by atoms with van der Waals surface area (Å²) in [5.41, 5.74) is 6.66. The van der Waals surface area contributed by atoms with Crippen molar-refractivity contribution in [1.82, 2.24) is 15.2 Å². The van der Waals surface area contributed by atoms with E-state index >= 15 is 0 Å². The number of benzene rings is 2. The number of fused-ring (bicyclic) bond motifs is 3. The first-order valence-corrected chi connectivity index (χ1v) is 12.4. The first kappa shape index (κ1) is 22.1. The fourth-order valence-corrected chi connectivity index (χ4v) is 5.49. The molecule has 2 heterocycles. The van der Waals surface area contributed by atoms with E-state index in [1.807, 2.05) is 0 Å². The number of rotatable bonds is 7. The van der Waals surface area contributed by atoms with Crippen molar-refractivity contribution in [2.45, 2.75) is 37.9 Å². The summed E-state index contributed by atoms with van der Waals surface area (Å²) in [5, 5.41) is 5.25. The van der Waals surface area contributed by atoms with Gasteiger partial charge in [-0.15, -0.1) is 0 Å². The van der Waals surface area contributed by atoms with E-state index in [4.69, 9.17) is 9.47 Å². The monoisotopic (exact) mass is 497 g/mol. The number of halogens is 1. The Balaban J connectivity index is 1.33. The van der Waals surface area contributed by atoms with Gasteiger partial charge in [-0.05, 0) is 54.2 Å². The number of aromatic nitrogens is 1.